The minimum absolute atomic E-state index is 0.0251. The Morgan fingerprint density at radius 1 is 1.21 bits per heavy atom. The Morgan fingerprint density at radius 3 is 2.58 bits per heavy atom. The lowest BCUT2D eigenvalue weighted by Crippen LogP contribution is -2.43. The minimum atomic E-state index is -0.847. The summed E-state index contributed by atoms with van der Waals surface area (Å²) < 4.78 is 7.31. The zero-order valence-corrected chi connectivity index (χ0v) is 11.2. The van der Waals surface area contributed by atoms with Crippen molar-refractivity contribution in [2.45, 2.75) is 25.0 Å². The van der Waals surface area contributed by atoms with E-state index in [1.54, 1.807) is 7.11 Å². The lowest BCUT2D eigenvalue weighted by molar-refractivity contribution is -0.723. The first-order valence-corrected chi connectivity index (χ1v) is 6.51. The normalized spacial score (nSPS) is 25.1. The SMILES string of the molecule is COc1ccc([C@@]2(O)Cc3cccc[n+]3[C@H]2C)cc1. The minimum Gasteiger partial charge on any atom is -0.497 e. The lowest BCUT2D eigenvalue weighted by atomic mass is 9.86. The van der Waals surface area contributed by atoms with E-state index in [9.17, 15) is 5.11 Å². The van der Waals surface area contributed by atoms with Gasteiger partial charge in [-0.2, -0.15) is 4.57 Å². The summed E-state index contributed by atoms with van der Waals surface area (Å²) in [6.07, 6.45) is 2.67. The molecule has 0 amide bonds. The molecule has 0 fully saturated rings. The van der Waals surface area contributed by atoms with E-state index in [0.717, 1.165) is 17.0 Å². The molecule has 0 saturated heterocycles. The number of aliphatic hydroxyl groups is 1. The second-order valence-corrected chi connectivity index (χ2v) is 5.10. The zero-order valence-electron chi connectivity index (χ0n) is 11.2. The molecular weight excluding hydrogens is 238 g/mol. The van der Waals surface area contributed by atoms with E-state index in [4.69, 9.17) is 4.74 Å². The average Bonchev–Trinajstić information content (AvgIpc) is 2.72. The van der Waals surface area contributed by atoms with Crippen LogP contribution in [0.2, 0.25) is 0 Å². The van der Waals surface area contributed by atoms with Crippen LogP contribution in [0.5, 0.6) is 5.75 Å². The van der Waals surface area contributed by atoms with Crippen LogP contribution in [0.25, 0.3) is 0 Å². The number of rotatable bonds is 2. The third-order valence-electron chi connectivity index (χ3n) is 4.13. The first-order valence-electron chi connectivity index (χ1n) is 6.51. The molecule has 0 saturated carbocycles. The average molecular weight is 256 g/mol. The maximum absolute atomic E-state index is 11.1. The molecule has 3 heteroatoms. The highest BCUT2D eigenvalue weighted by Crippen LogP contribution is 2.38. The van der Waals surface area contributed by atoms with Crippen molar-refractivity contribution >= 4 is 0 Å². The number of pyridine rings is 1. The van der Waals surface area contributed by atoms with Crippen molar-refractivity contribution in [3.05, 3.63) is 59.9 Å². The van der Waals surface area contributed by atoms with E-state index in [-0.39, 0.29) is 6.04 Å². The summed E-state index contributed by atoms with van der Waals surface area (Å²) >= 11 is 0. The summed E-state index contributed by atoms with van der Waals surface area (Å²) in [5.74, 6) is 0.808. The molecule has 2 aromatic rings. The molecule has 3 nitrogen and oxygen atoms in total. The first kappa shape index (κ1) is 12.2. The van der Waals surface area contributed by atoms with Gasteiger partial charge in [-0.25, -0.2) is 0 Å². The number of methoxy groups -OCH3 is 1. The fraction of sp³-hybridized carbons (Fsp3) is 0.312. The largest absolute Gasteiger partial charge is 0.497 e. The van der Waals surface area contributed by atoms with Gasteiger partial charge < -0.3 is 9.84 Å². The summed E-state index contributed by atoms with van der Waals surface area (Å²) in [5, 5.41) is 11.1. The summed E-state index contributed by atoms with van der Waals surface area (Å²) in [7, 11) is 1.65. The monoisotopic (exact) mass is 256 g/mol. The van der Waals surface area contributed by atoms with Gasteiger partial charge in [0.15, 0.2) is 23.5 Å². The van der Waals surface area contributed by atoms with E-state index in [0.29, 0.717) is 6.42 Å². The lowest BCUT2D eigenvalue weighted by Gasteiger charge is -2.23. The van der Waals surface area contributed by atoms with Gasteiger partial charge in [0.05, 0.1) is 13.5 Å². The van der Waals surface area contributed by atoms with Crippen LogP contribution in [0.3, 0.4) is 0 Å². The molecule has 1 aromatic heterocycles. The van der Waals surface area contributed by atoms with Gasteiger partial charge >= 0.3 is 0 Å². The maximum atomic E-state index is 11.1. The molecule has 2 atom stereocenters. The van der Waals surface area contributed by atoms with Crippen LogP contribution in [0.1, 0.15) is 24.2 Å². The molecule has 0 aliphatic carbocycles. The molecule has 1 aliphatic rings. The van der Waals surface area contributed by atoms with Gasteiger partial charge in [0.2, 0.25) is 0 Å². The van der Waals surface area contributed by atoms with Crippen LogP contribution in [-0.4, -0.2) is 12.2 Å². The molecule has 1 aromatic carbocycles. The number of fused-ring (bicyclic) bond motifs is 1. The van der Waals surface area contributed by atoms with Crippen LogP contribution < -0.4 is 9.30 Å². The zero-order chi connectivity index (χ0) is 13.5. The Balaban J connectivity index is 2.01. The van der Waals surface area contributed by atoms with Crippen LogP contribution in [-0.2, 0) is 12.0 Å². The standard InChI is InChI=1S/C16H18NO2/c1-12-16(18,11-14-5-3-4-10-17(12)14)13-6-8-15(19-2)9-7-13/h3-10,12,18H,11H2,1-2H3/q+1/t12-,16+/m0/s1. The third kappa shape index (κ3) is 1.81. The Morgan fingerprint density at radius 2 is 1.95 bits per heavy atom. The van der Waals surface area contributed by atoms with E-state index >= 15 is 0 Å². The van der Waals surface area contributed by atoms with Gasteiger partial charge in [-0.15, -0.1) is 0 Å². The number of benzene rings is 1. The molecule has 98 valence electrons. The van der Waals surface area contributed by atoms with E-state index in [2.05, 4.69) is 17.6 Å². The number of ether oxygens (including phenoxy) is 1. The van der Waals surface area contributed by atoms with Gasteiger partial charge in [-0.3, -0.25) is 0 Å². The molecule has 1 aliphatic heterocycles. The van der Waals surface area contributed by atoms with E-state index in [1.165, 1.54) is 0 Å². The Kier molecular flexibility index (Phi) is 2.79. The molecule has 0 radical (unpaired) electrons. The Labute approximate surface area is 113 Å². The molecule has 19 heavy (non-hydrogen) atoms. The molecule has 3 rings (SSSR count). The van der Waals surface area contributed by atoms with Crippen molar-refractivity contribution in [1.29, 1.82) is 0 Å². The summed E-state index contributed by atoms with van der Waals surface area (Å²) in [4.78, 5) is 0. The predicted octanol–water partition coefficient (Wildman–Crippen LogP) is 1.99. The number of aromatic nitrogens is 1. The fourth-order valence-electron chi connectivity index (χ4n) is 2.90. The van der Waals surface area contributed by atoms with Gasteiger partial charge in [-0.05, 0) is 17.7 Å². The highest BCUT2D eigenvalue weighted by atomic mass is 16.5. The third-order valence-corrected chi connectivity index (χ3v) is 4.13. The van der Waals surface area contributed by atoms with Crippen molar-refractivity contribution in [2.75, 3.05) is 7.11 Å². The van der Waals surface area contributed by atoms with Crippen LogP contribution in [0.15, 0.2) is 48.7 Å². The summed E-state index contributed by atoms with van der Waals surface area (Å²) in [6, 6.07) is 13.8. The van der Waals surface area contributed by atoms with Crippen molar-refractivity contribution in [1.82, 2.24) is 0 Å². The van der Waals surface area contributed by atoms with Gasteiger partial charge in [0.1, 0.15) is 5.75 Å². The van der Waals surface area contributed by atoms with Crippen molar-refractivity contribution in [3.8, 4) is 5.75 Å². The van der Waals surface area contributed by atoms with Crippen molar-refractivity contribution < 1.29 is 14.4 Å². The van der Waals surface area contributed by atoms with Gasteiger partial charge in [0.25, 0.3) is 0 Å². The molecule has 0 bridgehead atoms. The topological polar surface area (TPSA) is 33.3 Å². The number of hydrogen-bond donors (Lipinski definition) is 1. The quantitative estimate of drug-likeness (QED) is 0.834. The highest BCUT2D eigenvalue weighted by Gasteiger charge is 2.50. The predicted molar refractivity (Wildman–Crippen MR) is 71.9 cm³/mol. The molecule has 2 heterocycles. The van der Waals surface area contributed by atoms with Crippen molar-refractivity contribution in [2.24, 2.45) is 0 Å². The van der Waals surface area contributed by atoms with Gasteiger partial charge in [-0.1, -0.05) is 18.2 Å². The Bertz CT molecular complexity index is 594. The summed E-state index contributed by atoms with van der Waals surface area (Å²) in [6.45, 7) is 2.06. The Hall–Kier alpha value is -1.87. The maximum Gasteiger partial charge on any atom is 0.188 e. The van der Waals surface area contributed by atoms with E-state index < -0.39 is 5.60 Å². The molecular formula is C16H18NO2+. The van der Waals surface area contributed by atoms with Gasteiger partial charge in [0, 0.05) is 19.1 Å². The highest BCUT2D eigenvalue weighted by molar-refractivity contribution is 5.32. The second kappa shape index (κ2) is 4.35. The fourth-order valence-corrected chi connectivity index (χ4v) is 2.90. The van der Waals surface area contributed by atoms with Crippen LogP contribution in [0, 0.1) is 0 Å². The smallest absolute Gasteiger partial charge is 0.188 e. The summed E-state index contributed by atoms with van der Waals surface area (Å²) in [5.41, 5.74) is 1.25. The van der Waals surface area contributed by atoms with Crippen LogP contribution in [0.4, 0.5) is 0 Å². The number of hydrogen-bond acceptors (Lipinski definition) is 2. The number of nitrogens with zero attached hydrogens (tertiary/aromatic N) is 1. The first-order chi connectivity index (χ1) is 9.15. The molecule has 0 unspecified atom stereocenters. The van der Waals surface area contributed by atoms with Crippen molar-refractivity contribution in [3.63, 3.8) is 0 Å². The van der Waals surface area contributed by atoms with Crippen LogP contribution >= 0.6 is 0 Å². The molecule has 0 spiro atoms. The molecule has 1 N–H and O–H groups in total. The second-order valence-electron chi connectivity index (χ2n) is 5.10. The van der Waals surface area contributed by atoms with E-state index in [1.807, 2.05) is 42.6 Å².